The molecule has 1 aliphatic rings. The maximum absolute atomic E-state index is 11.7. The van der Waals surface area contributed by atoms with E-state index >= 15 is 0 Å². The molecule has 3 atom stereocenters. The van der Waals surface area contributed by atoms with Crippen molar-refractivity contribution in [2.24, 2.45) is 11.7 Å². The first-order valence-electron chi connectivity index (χ1n) is 9.75. The van der Waals surface area contributed by atoms with Crippen LogP contribution in [0.1, 0.15) is 51.6 Å². The number of pyridine rings is 1. The number of aliphatic hydroxyl groups is 1. The first kappa shape index (κ1) is 21.6. The summed E-state index contributed by atoms with van der Waals surface area (Å²) in [7, 11) is 0. The summed E-state index contributed by atoms with van der Waals surface area (Å²) < 4.78 is 11.3. The Bertz CT molecular complexity index is 608. The van der Waals surface area contributed by atoms with Crippen molar-refractivity contribution < 1.29 is 24.5 Å². The number of ether oxygens (including phenoxy) is 2. The van der Waals surface area contributed by atoms with E-state index in [1.807, 2.05) is 6.92 Å². The summed E-state index contributed by atoms with van der Waals surface area (Å²) in [5.41, 5.74) is 4.23. The molecule has 7 heteroatoms. The molecule has 7 nitrogen and oxygen atoms in total. The SMILES string of the molecule is CCCC[C@@H](C)Oc1ccnc(C[C@](O)(C(=O)O)[C@@H](N)COCC2CC2)c1. The molecule has 0 aliphatic heterocycles. The Morgan fingerprint density at radius 3 is 2.85 bits per heavy atom. The van der Waals surface area contributed by atoms with Gasteiger partial charge in [-0.05, 0) is 38.2 Å². The molecule has 1 aromatic heterocycles. The minimum atomic E-state index is -2.15. The molecule has 0 bridgehead atoms. The molecule has 1 aromatic rings. The smallest absolute Gasteiger partial charge is 0.337 e. The van der Waals surface area contributed by atoms with E-state index < -0.39 is 17.6 Å². The van der Waals surface area contributed by atoms with Crippen LogP contribution in [0.5, 0.6) is 5.75 Å². The van der Waals surface area contributed by atoms with Crippen LogP contribution >= 0.6 is 0 Å². The first-order valence-corrected chi connectivity index (χ1v) is 9.75. The second-order valence-electron chi connectivity index (χ2n) is 7.55. The molecule has 0 radical (unpaired) electrons. The summed E-state index contributed by atoms with van der Waals surface area (Å²) in [6.07, 6.45) is 6.77. The Morgan fingerprint density at radius 1 is 1.48 bits per heavy atom. The number of unbranched alkanes of at least 4 members (excludes halogenated alkanes) is 1. The zero-order valence-electron chi connectivity index (χ0n) is 16.3. The number of hydrogen-bond donors (Lipinski definition) is 3. The van der Waals surface area contributed by atoms with Crippen LogP contribution in [-0.4, -0.2) is 52.1 Å². The fourth-order valence-electron chi connectivity index (χ4n) is 2.83. The molecule has 0 unspecified atom stereocenters. The van der Waals surface area contributed by atoms with Gasteiger partial charge in [-0.2, -0.15) is 0 Å². The predicted octanol–water partition coefficient (Wildman–Crippen LogP) is 2.15. The molecule has 1 heterocycles. The van der Waals surface area contributed by atoms with Crippen molar-refractivity contribution in [1.82, 2.24) is 4.98 Å². The van der Waals surface area contributed by atoms with Crippen LogP contribution in [0.2, 0.25) is 0 Å². The summed E-state index contributed by atoms with van der Waals surface area (Å²) in [5, 5.41) is 20.2. The van der Waals surface area contributed by atoms with Gasteiger partial charge >= 0.3 is 5.97 Å². The van der Waals surface area contributed by atoms with Gasteiger partial charge in [0.1, 0.15) is 5.75 Å². The van der Waals surface area contributed by atoms with Crippen LogP contribution in [0.3, 0.4) is 0 Å². The zero-order valence-corrected chi connectivity index (χ0v) is 16.3. The number of aromatic nitrogens is 1. The number of nitrogens with two attached hydrogens (primary N) is 1. The largest absolute Gasteiger partial charge is 0.491 e. The van der Waals surface area contributed by atoms with Crippen molar-refractivity contribution in [3.8, 4) is 5.75 Å². The lowest BCUT2D eigenvalue weighted by Crippen LogP contribution is -2.57. The molecule has 0 saturated heterocycles. The Balaban J connectivity index is 1.99. The molecule has 2 rings (SSSR count). The minimum Gasteiger partial charge on any atom is -0.491 e. The number of carboxylic acid groups (broad SMARTS) is 1. The van der Waals surface area contributed by atoms with E-state index in [1.165, 1.54) is 0 Å². The fraction of sp³-hybridized carbons (Fsp3) is 0.700. The van der Waals surface area contributed by atoms with Gasteiger partial charge in [-0.1, -0.05) is 19.8 Å². The molecule has 1 saturated carbocycles. The van der Waals surface area contributed by atoms with Gasteiger partial charge in [-0.25, -0.2) is 4.79 Å². The highest BCUT2D eigenvalue weighted by Crippen LogP contribution is 2.29. The number of carbonyl (C=O) groups is 1. The average molecular weight is 380 g/mol. The number of rotatable bonds is 13. The van der Waals surface area contributed by atoms with Gasteiger partial charge in [0.15, 0.2) is 5.60 Å². The van der Waals surface area contributed by atoms with Crippen molar-refractivity contribution >= 4 is 5.97 Å². The lowest BCUT2D eigenvalue weighted by atomic mass is 9.89. The van der Waals surface area contributed by atoms with Crippen molar-refractivity contribution in [3.63, 3.8) is 0 Å². The predicted molar refractivity (Wildman–Crippen MR) is 102 cm³/mol. The maximum atomic E-state index is 11.7. The van der Waals surface area contributed by atoms with E-state index in [1.54, 1.807) is 18.3 Å². The van der Waals surface area contributed by atoms with Gasteiger partial charge in [-0.3, -0.25) is 4.98 Å². The summed E-state index contributed by atoms with van der Waals surface area (Å²) in [6.45, 7) is 4.67. The zero-order chi connectivity index (χ0) is 19.9. The maximum Gasteiger partial charge on any atom is 0.337 e. The average Bonchev–Trinajstić information content (AvgIpc) is 3.44. The van der Waals surface area contributed by atoms with Gasteiger partial charge in [0, 0.05) is 31.0 Å². The number of nitrogens with zero attached hydrogens (tertiary/aromatic N) is 1. The third-order valence-electron chi connectivity index (χ3n) is 4.87. The highest BCUT2D eigenvalue weighted by atomic mass is 16.5. The van der Waals surface area contributed by atoms with E-state index in [2.05, 4.69) is 11.9 Å². The topological polar surface area (TPSA) is 115 Å². The Kier molecular flexibility index (Phi) is 8.01. The van der Waals surface area contributed by atoms with Crippen LogP contribution in [0.4, 0.5) is 0 Å². The van der Waals surface area contributed by atoms with Crippen molar-refractivity contribution in [2.45, 2.75) is 70.1 Å². The summed E-state index contributed by atoms with van der Waals surface area (Å²) in [5.74, 6) is -0.232. The van der Waals surface area contributed by atoms with Crippen molar-refractivity contribution in [2.75, 3.05) is 13.2 Å². The van der Waals surface area contributed by atoms with Crippen LogP contribution in [0.25, 0.3) is 0 Å². The Morgan fingerprint density at radius 2 is 2.22 bits per heavy atom. The number of aliphatic carboxylic acids is 1. The highest BCUT2D eigenvalue weighted by Gasteiger charge is 2.43. The van der Waals surface area contributed by atoms with Crippen LogP contribution in [0.15, 0.2) is 18.3 Å². The Hall–Kier alpha value is -1.70. The van der Waals surface area contributed by atoms with Gasteiger partial charge in [-0.15, -0.1) is 0 Å². The third kappa shape index (κ3) is 6.75. The van der Waals surface area contributed by atoms with E-state index in [-0.39, 0.29) is 19.1 Å². The quantitative estimate of drug-likeness (QED) is 0.480. The highest BCUT2D eigenvalue weighted by molar-refractivity contribution is 5.78. The molecule has 152 valence electrons. The molecule has 0 aromatic carbocycles. The van der Waals surface area contributed by atoms with Crippen LogP contribution in [0, 0.1) is 5.92 Å². The summed E-state index contributed by atoms with van der Waals surface area (Å²) in [6, 6.07) is 2.34. The van der Waals surface area contributed by atoms with Crippen molar-refractivity contribution in [1.29, 1.82) is 0 Å². The standard InChI is InChI=1S/C20H32N2O5/c1-3-4-5-14(2)27-17-8-9-22-16(10-17)11-20(25,19(23)24)18(21)13-26-12-15-6-7-15/h8-10,14-15,18,25H,3-7,11-13,21H2,1-2H3,(H,23,24)/t14-,18+,20-/m1/s1. The molecule has 4 N–H and O–H groups in total. The van der Waals surface area contributed by atoms with Gasteiger partial charge < -0.3 is 25.4 Å². The lowest BCUT2D eigenvalue weighted by Gasteiger charge is -2.29. The van der Waals surface area contributed by atoms with E-state index in [0.29, 0.717) is 24.0 Å². The lowest BCUT2D eigenvalue weighted by molar-refractivity contribution is -0.162. The van der Waals surface area contributed by atoms with E-state index in [0.717, 1.165) is 32.1 Å². The first-order chi connectivity index (χ1) is 12.8. The summed E-state index contributed by atoms with van der Waals surface area (Å²) >= 11 is 0. The number of hydrogen-bond acceptors (Lipinski definition) is 6. The van der Waals surface area contributed by atoms with Crippen molar-refractivity contribution in [3.05, 3.63) is 24.0 Å². The van der Waals surface area contributed by atoms with Crippen LogP contribution < -0.4 is 10.5 Å². The second-order valence-corrected chi connectivity index (χ2v) is 7.55. The molecule has 0 spiro atoms. The van der Waals surface area contributed by atoms with Gasteiger partial charge in [0.05, 0.1) is 18.8 Å². The fourth-order valence-corrected chi connectivity index (χ4v) is 2.83. The van der Waals surface area contributed by atoms with Gasteiger partial charge in [0.25, 0.3) is 0 Å². The third-order valence-corrected chi connectivity index (χ3v) is 4.87. The normalized spacial score (nSPS) is 18.5. The van der Waals surface area contributed by atoms with Crippen LogP contribution in [-0.2, 0) is 16.0 Å². The second kappa shape index (κ2) is 10.0. The molecular weight excluding hydrogens is 348 g/mol. The number of carboxylic acids is 1. The minimum absolute atomic E-state index is 0.0104. The summed E-state index contributed by atoms with van der Waals surface area (Å²) in [4.78, 5) is 15.9. The van der Waals surface area contributed by atoms with E-state index in [9.17, 15) is 15.0 Å². The molecular formula is C20H32N2O5. The van der Waals surface area contributed by atoms with E-state index in [4.69, 9.17) is 15.2 Å². The van der Waals surface area contributed by atoms with Gasteiger partial charge in [0.2, 0.25) is 0 Å². The molecule has 1 fully saturated rings. The Labute approximate surface area is 160 Å². The molecule has 0 amide bonds. The molecule has 27 heavy (non-hydrogen) atoms. The molecule has 1 aliphatic carbocycles. The monoisotopic (exact) mass is 380 g/mol.